The molecule has 0 aliphatic carbocycles. The van der Waals surface area contributed by atoms with Gasteiger partial charge in [-0.25, -0.2) is 0 Å². The summed E-state index contributed by atoms with van der Waals surface area (Å²) in [7, 11) is 0. The van der Waals surface area contributed by atoms with E-state index in [1.807, 2.05) is 0 Å². The van der Waals surface area contributed by atoms with E-state index in [2.05, 4.69) is 10.1 Å². The van der Waals surface area contributed by atoms with Gasteiger partial charge in [0.1, 0.15) is 12.2 Å². The molecule has 0 saturated heterocycles. The van der Waals surface area contributed by atoms with E-state index in [0.29, 0.717) is 0 Å². The number of halogens is 2. The molecule has 1 aromatic carbocycles. The zero-order chi connectivity index (χ0) is 14.4. The van der Waals surface area contributed by atoms with Crippen molar-refractivity contribution < 1.29 is 23.2 Å². The number of nitrogens with one attached hydrogen (secondary N) is 1. The zero-order valence-corrected chi connectivity index (χ0v) is 9.30. The number of rotatable bonds is 5. The molecule has 0 bridgehead atoms. The number of hydrogen-bond acceptors (Lipinski definition) is 5. The number of benzene rings is 1. The fourth-order valence-electron chi connectivity index (χ4n) is 1.19. The van der Waals surface area contributed by atoms with Crippen molar-refractivity contribution in [1.82, 2.24) is 0 Å². The molecule has 0 spiro atoms. The van der Waals surface area contributed by atoms with E-state index >= 15 is 0 Å². The first-order chi connectivity index (χ1) is 8.93. The molecule has 0 saturated carbocycles. The maximum absolute atomic E-state index is 12.1. The lowest BCUT2D eigenvalue weighted by Crippen LogP contribution is -2.13. The average Bonchev–Trinajstić information content (AvgIpc) is 2.30. The molecule has 0 aliphatic rings. The lowest BCUT2D eigenvalue weighted by atomic mass is 10.2. The Hall–Kier alpha value is -2.76. The van der Waals surface area contributed by atoms with Gasteiger partial charge in [-0.15, -0.1) is 0 Å². The molecule has 1 amide bonds. The summed E-state index contributed by atoms with van der Waals surface area (Å²) in [5.41, 5.74) is -0.705. The second-order valence-electron chi connectivity index (χ2n) is 3.20. The van der Waals surface area contributed by atoms with Crippen LogP contribution in [0.15, 0.2) is 18.2 Å². The van der Waals surface area contributed by atoms with Crippen molar-refractivity contribution in [3.05, 3.63) is 28.3 Å². The molecule has 100 valence electrons. The van der Waals surface area contributed by atoms with E-state index in [1.165, 1.54) is 0 Å². The number of hydrogen-bond donors (Lipinski definition) is 1. The number of nitrogens with zero attached hydrogens (tertiary/aromatic N) is 2. The van der Waals surface area contributed by atoms with Crippen molar-refractivity contribution in [3.63, 3.8) is 0 Å². The van der Waals surface area contributed by atoms with Gasteiger partial charge in [-0.1, -0.05) is 0 Å². The van der Waals surface area contributed by atoms with Crippen LogP contribution in [0, 0.1) is 21.4 Å². The van der Waals surface area contributed by atoms with Crippen LogP contribution in [0.1, 0.15) is 6.42 Å². The maximum Gasteiger partial charge on any atom is 0.387 e. The number of carbonyl (C=O) groups is 1. The minimum Gasteiger partial charge on any atom is -0.433 e. The number of anilines is 1. The predicted molar refractivity (Wildman–Crippen MR) is 58.6 cm³/mol. The SMILES string of the molecule is N#CCC(=O)Nc1cc([N+](=O)[O-])ccc1OC(F)F. The quantitative estimate of drug-likeness (QED) is 0.651. The van der Waals surface area contributed by atoms with Gasteiger partial charge < -0.3 is 10.1 Å². The van der Waals surface area contributed by atoms with Gasteiger partial charge in [0.05, 0.1) is 16.7 Å². The highest BCUT2D eigenvalue weighted by Gasteiger charge is 2.16. The minimum absolute atomic E-state index is 0.297. The molecule has 0 aliphatic heterocycles. The Morgan fingerprint density at radius 2 is 2.26 bits per heavy atom. The summed E-state index contributed by atoms with van der Waals surface area (Å²) in [6.07, 6.45) is -0.517. The van der Waals surface area contributed by atoms with Crippen molar-refractivity contribution in [3.8, 4) is 11.8 Å². The van der Waals surface area contributed by atoms with Gasteiger partial charge in [0, 0.05) is 12.1 Å². The highest BCUT2D eigenvalue weighted by atomic mass is 19.3. The third-order valence-corrected chi connectivity index (χ3v) is 1.90. The van der Waals surface area contributed by atoms with Crippen LogP contribution in [0.2, 0.25) is 0 Å². The van der Waals surface area contributed by atoms with Crippen molar-refractivity contribution in [2.75, 3.05) is 5.32 Å². The standard InChI is InChI=1S/C10H7F2N3O4/c11-10(12)19-8-2-1-6(15(17)18)5-7(8)14-9(16)3-4-13/h1-2,5,10H,3H2,(H,14,16). The van der Waals surface area contributed by atoms with Gasteiger partial charge in [0.15, 0.2) is 0 Å². The Labute approximate surface area is 105 Å². The molecule has 0 fully saturated rings. The van der Waals surface area contributed by atoms with E-state index in [0.717, 1.165) is 18.2 Å². The Bertz CT molecular complexity index is 542. The topological polar surface area (TPSA) is 105 Å². The number of nitro groups is 1. The second-order valence-corrected chi connectivity index (χ2v) is 3.20. The third-order valence-electron chi connectivity index (χ3n) is 1.90. The van der Waals surface area contributed by atoms with E-state index in [-0.39, 0.29) is 5.69 Å². The van der Waals surface area contributed by atoms with Crippen LogP contribution in [0.4, 0.5) is 20.2 Å². The number of non-ortho nitro benzene ring substituents is 1. The Balaban J connectivity index is 3.07. The molecule has 1 rings (SSSR count). The van der Waals surface area contributed by atoms with Gasteiger partial charge in [0.2, 0.25) is 5.91 Å². The number of ether oxygens (including phenoxy) is 1. The first-order valence-corrected chi connectivity index (χ1v) is 4.84. The van der Waals surface area contributed by atoms with E-state index < -0.39 is 35.3 Å². The summed E-state index contributed by atoms with van der Waals surface area (Å²) in [6.45, 7) is -3.15. The van der Waals surface area contributed by atoms with Crippen molar-refractivity contribution in [1.29, 1.82) is 5.26 Å². The number of carbonyl (C=O) groups excluding carboxylic acids is 1. The first-order valence-electron chi connectivity index (χ1n) is 4.84. The zero-order valence-electron chi connectivity index (χ0n) is 9.30. The van der Waals surface area contributed by atoms with Gasteiger partial charge in [0.25, 0.3) is 5.69 Å². The van der Waals surface area contributed by atoms with Crippen LogP contribution in [0.3, 0.4) is 0 Å². The Kier molecular flexibility index (Phi) is 4.70. The highest BCUT2D eigenvalue weighted by molar-refractivity contribution is 5.93. The second kappa shape index (κ2) is 6.25. The van der Waals surface area contributed by atoms with Gasteiger partial charge in [-0.2, -0.15) is 14.0 Å². The third kappa shape index (κ3) is 4.19. The van der Waals surface area contributed by atoms with Crippen LogP contribution < -0.4 is 10.1 Å². The number of nitro benzene ring substituents is 1. The molecular weight excluding hydrogens is 264 g/mol. The molecule has 19 heavy (non-hydrogen) atoms. The summed E-state index contributed by atoms with van der Waals surface area (Å²) >= 11 is 0. The number of alkyl halides is 2. The number of nitriles is 1. The molecule has 9 heteroatoms. The molecule has 0 aromatic heterocycles. The minimum atomic E-state index is -3.15. The number of amides is 1. The molecule has 7 nitrogen and oxygen atoms in total. The fourth-order valence-corrected chi connectivity index (χ4v) is 1.19. The Morgan fingerprint density at radius 3 is 2.79 bits per heavy atom. The van der Waals surface area contributed by atoms with Crippen LogP contribution >= 0.6 is 0 Å². The molecule has 0 heterocycles. The molecule has 0 atom stereocenters. The smallest absolute Gasteiger partial charge is 0.387 e. The Morgan fingerprint density at radius 1 is 1.58 bits per heavy atom. The normalized spacial score (nSPS) is 9.79. The summed E-state index contributed by atoms with van der Waals surface area (Å²) in [5.74, 6) is -1.21. The average molecular weight is 271 g/mol. The first kappa shape index (κ1) is 14.3. The lowest BCUT2D eigenvalue weighted by Gasteiger charge is -2.10. The predicted octanol–water partition coefficient (Wildman–Crippen LogP) is 2.05. The molecule has 0 unspecified atom stereocenters. The van der Waals surface area contributed by atoms with Gasteiger partial charge in [-0.05, 0) is 6.07 Å². The fraction of sp³-hybridized carbons (Fsp3) is 0.200. The van der Waals surface area contributed by atoms with Gasteiger partial charge >= 0.3 is 6.61 Å². The monoisotopic (exact) mass is 271 g/mol. The van der Waals surface area contributed by atoms with Crippen molar-refractivity contribution in [2.45, 2.75) is 13.0 Å². The summed E-state index contributed by atoms with van der Waals surface area (Å²) in [4.78, 5) is 21.0. The highest BCUT2D eigenvalue weighted by Crippen LogP contribution is 2.30. The summed E-state index contributed by atoms with van der Waals surface area (Å²) in [6, 6.07) is 4.31. The lowest BCUT2D eigenvalue weighted by molar-refractivity contribution is -0.384. The molecule has 0 radical (unpaired) electrons. The van der Waals surface area contributed by atoms with E-state index in [4.69, 9.17) is 5.26 Å². The summed E-state index contributed by atoms with van der Waals surface area (Å²) < 4.78 is 28.4. The van der Waals surface area contributed by atoms with E-state index in [1.54, 1.807) is 6.07 Å². The van der Waals surface area contributed by atoms with Crippen molar-refractivity contribution in [2.24, 2.45) is 0 Å². The van der Waals surface area contributed by atoms with Crippen LogP contribution in [0.25, 0.3) is 0 Å². The summed E-state index contributed by atoms with van der Waals surface area (Å²) in [5, 5.41) is 20.9. The van der Waals surface area contributed by atoms with Crippen molar-refractivity contribution >= 4 is 17.3 Å². The van der Waals surface area contributed by atoms with Gasteiger partial charge in [-0.3, -0.25) is 14.9 Å². The molecule has 1 N–H and O–H groups in total. The molecule has 1 aromatic rings. The van der Waals surface area contributed by atoms with E-state index in [9.17, 15) is 23.7 Å². The maximum atomic E-state index is 12.1. The largest absolute Gasteiger partial charge is 0.433 e. The van der Waals surface area contributed by atoms with Crippen LogP contribution in [-0.4, -0.2) is 17.4 Å². The van der Waals surface area contributed by atoms with Crippen LogP contribution in [0.5, 0.6) is 5.75 Å². The van der Waals surface area contributed by atoms with Crippen LogP contribution in [-0.2, 0) is 4.79 Å². The molecular formula is C10H7F2N3O4.